The summed E-state index contributed by atoms with van der Waals surface area (Å²) in [6, 6.07) is -0.405. The Morgan fingerprint density at radius 2 is 2.00 bits per heavy atom. The molecule has 2 aliphatic rings. The first kappa shape index (κ1) is 18.6. The molecular formula is C18H22N6O3S. The van der Waals surface area contributed by atoms with E-state index in [1.165, 1.54) is 16.2 Å². The Morgan fingerprint density at radius 1 is 1.25 bits per heavy atom. The number of hydrogen-bond acceptors (Lipinski definition) is 6. The van der Waals surface area contributed by atoms with Gasteiger partial charge in [-0.25, -0.2) is 9.78 Å². The summed E-state index contributed by atoms with van der Waals surface area (Å²) in [7, 11) is 3.48. The van der Waals surface area contributed by atoms with Crippen LogP contribution in [0.4, 0.5) is 9.93 Å². The highest BCUT2D eigenvalue weighted by atomic mass is 32.1. The monoisotopic (exact) mass is 402 g/mol. The number of aryl methyl sites for hydroxylation is 1. The van der Waals surface area contributed by atoms with Crippen molar-refractivity contribution in [2.75, 3.05) is 18.9 Å². The molecule has 10 heteroatoms. The molecule has 1 saturated carbocycles. The standard InChI is InChI=1S/C18H22N6O3S/c1-22-9-12(8-19-22)13-11-28-16(20-13)21-14(25)10-24-15(26)18(23(2)17(24)27)6-4-3-5-7-18/h8-9,11H,3-7,10H2,1-2H3,(H,20,21,25). The number of thiazole rings is 1. The highest BCUT2D eigenvalue weighted by molar-refractivity contribution is 7.14. The number of nitrogens with zero attached hydrogens (tertiary/aromatic N) is 5. The fourth-order valence-electron chi connectivity index (χ4n) is 3.99. The maximum Gasteiger partial charge on any atom is 0.327 e. The van der Waals surface area contributed by atoms with E-state index in [2.05, 4.69) is 15.4 Å². The zero-order valence-electron chi connectivity index (χ0n) is 15.8. The van der Waals surface area contributed by atoms with E-state index < -0.39 is 17.5 Å². The quantitative estimate of drug-likeness (QED) is 0.789. The molecule has 1 aliphatic heterocycles. The van der Waals surface area contributed by atoms with Crippen molar-refractivity contribution >= 4 is 34.3 Å². The van der Waals surface area contributed by atoms with E-state index in [9.17, 15) is 14.4 Å². The lowest BCUT2D eigenvalue weighted by molar-refractivity contribution is -0.136. The van der Waals surface area contributed by atoms with Crippen molar-refractivity contribution in [3.8, 4) is 11.3 Å². The number of hydrogen-bond donors (Lipinski definition) is 1. The van der Waals surface area contributed by atoms with E-state index in [0.717, 1.165) is 29.7 Å². The summed E-state index contributed by atoms with van der Waals surface area (Å²) >= 11 is 1.28. The summed E-state index contributed by atoms with van der Waals surface area (Å²) in [5.41, 5.74) is 0.789. The van der Waals surface area contributed by atoms with Crippen LogP contribution in [0.1, 0.15) is 32.1 Å². The summed E-state index contributed by atoms with van der Waals surface area (Å²) < 4.78 is 1.68. The van der Waals surface area contributed by atoms with Crippen molar-refractivity contribution < 1.29 is 14.4 Å². The predicted molar refractivity (Wildman–Crippen MR) is 104 cm³/mol. The van der Waals surface area contributed by atoms with Crippen molar-refractivity contribution in [1.82, 2.24) is 24.6 Å². The molecule has 4 amide bonds. The molecule has 2 fully saturated rings. The fourth-order valence-corrected chi connectivity index (χ4v) is 4.73. The number of carbonyl (C=O) groups is 3. The molecule has 148 valence electrons. The molecule has 0 aromatic carbocycles. The summed E-state index contributed by atoms with van der Waals surface area (Å²) in [4.78, 5) is 45.0. The van der Waals surface area contributed by atoms with Gasteiger partial charge in [0.05, 0.1) is 11.9 Å². The van der Waals surface area contributed by atoms with E-state index >= 15 is 0 Å². The third-order valence-corrected chi connectivity index (χ3v) is 6.29. The zero-order valence-corrected chi connectivity index (χ0v) is 16.7. The number of carbonyl (C=O) groups excluding carboxylic acids is 3. The van der Waals surface area contributed by atoms with Gasteiger partial charge < -0.3 is 10.2 Å². The number of imide groups is 1. The Labute approximate surface area is 166 Å². The van der Waals surface area contributed by atoms with Gasteiger partial charge in [0.25, 0.3) is 5.91 Å². The zero-order chi connectivity index (χ0) is 19.9. The smallest absolute Gasteiger partial charge is 0.313 e. The number of urea groups is 1. The van der Waals surface area contributed by atoms with Gasteiger partial charge in [0, 0.05) is 31.2 Å². The summed E-state index contributed by atoms with van der Waals surface area (Å²) in [6.07, 6.45) is 7.75. The molecule has 1 N–H and O–H groups in total. The van der Waals surface area contributed by atoms with E-state index in [1.807, 2.05) is 18.6 Å². The highest BCUT2D eigenvalue weighted by Crippen LogP contribution is 2.39. The molecule has 9 nitrogen and oxygen atoms in total. The third-order valence-electron chi connectivity index (χ3n) is 5.54. The SMILES string of the molecule is CN1C(=O)N(CC(=O)Nc2nc(-c3cnn(C)c3)cs2)C(=O)C12CCCCC2. The molecule has 0 atom stereocenters. The molecule has 1 spiro atoms. The Hall–Kier alpha value is -2.75. The van der Waals surface area contributed by atoms with Gasteiger partial charge in [0.2, 0.25) is 5.91 Å². The van der Waals surface area contributed by atoms with Crippen LogP contribution in [0, 0.1) is 0 Å². The first-order valence-electron chi connectivity index (χ1n) is 9.25. The minimum atomic E-state index is -0.774. The van der Waals surface area contributed by atoms with Gasteiger partial charge in [-0.15, -0.1) is 11.3 Å². The number of likely N-dealkylation sites (N-methyl/N-ethyl adjacent to an activating group) is 1. The van der Waals surface area contributed by atoms with E-state index in [0.29, 0.717) is 23.7 Å². The average Bonchev–Trinajstić information content (AvgIpc) is 3.36. The molecule has 1 aliphatic carbocycles. The van der Waals surface area contributed by atoms with Crippen LogP contribution in [-0.2, 0) is 16.6 Å². The third kappa shape index (κ3) is 3.07. The van der Waals surface area contributed by atoms with Gasteiger partial charge in [-0.3, -0.25) is 19.2 Å². The maximum atomic E-state index is 12.9. The van der Waals surface area contributed by atoms with E-state index in [4.69, 9.17) is 0 Å². The summed E-state index contributed by atoms with van der Waals surface area (Å²) in [5, 5.41) is 9.04. The summed E-state index contributed by atoms with van der Waals surface area (Å²) in [6.45, 7) is -0.300. The number of anilines is 1. The van der Waals surface area contributed by atoms with Crippen molar-refractivity contribution in [3.05, 3.63) is 17.8 Å². The van der Waals surface area contributed by atoms with Crippen LogP contribution in [0.5, 0.6) is 0 Å². The van der Waals surface area contributed by atoms with Gasteiger partial charge in [-0.1, -0.05) is 19.3 Å². The van der Waals surface area contributed by atoms with Crippen molar-refractivity contribution in [3.63, 3.8) is 0 Å². The molecule has 2 aromatic rings. The lowest BCUT2D eigenvalue weighted by Gasteiger charge is -2.35. The molecule has 1 saturated heterocycles. The largest absolute Gasteiger partial charge is 0.327 e. The first-order valence-corrected chi connectivity index (χ1v) is 10.1. The lowest BCUT2D eigenvalue weighted by Crippen LogP contribution is -2.49. The average molecular weight is 402 g/mol. The normalized spacial score (nSPS) is 18.9. The van der Waals surface area contributed by atoms with Gasteiger partial charge in [0.15, 0.2) is 5.13 Å². The van der Waals surface area contributed by atoms with E-state index in [-0.39, 0.29) is 12.5 Å². The van der Waals surface area contributed by atoms with Crippen LogP contribution in [-0.4, -0.2) is 61.5 Å². The predicted octanol–water partition coefficient (Wildman–Crippen LogP) is 2.08. The number of nitrogens with one attached hydrogen (secondary N) is 1. The van der Waals surface area contributed by atoms with Crippen LogP contribution in [0.15, 0.2) is 17.8 Å². The van der Waals surface area contributed by atoms with Gasteiger partial charge in [0.1, 0.15) is 12.1 Å². The van der Waals surface area contributed by atoms with Crippen molar-refractivity contribution in [2.45, 2.75) is 37.6 Å². The maximum absolute atomic E-state index is 12.9. The van der Waals surface area contributed by atoms with Gasteiger partial charge in [-0.05, 0) is 12.8 Å². The topological polar surface area (TPSA) is 100 Å². The molecular weight excluding hydrogens is 380 g/mol. The molecule has 0 bridgehead atoms. The number of aromatic nitrogens is 3. The Bertz CT molecular complexity index is 929. The fraction of sp³-hybridized carbons (Fsp3) is 0.500. The van der Waals surface area contributed by atoms with Crippen LogP contribution in [0.2, 0.25) is 0 Å². The van der Waals surface area contributed by atoms with Crippen LogP contribution >= 0.6 is 11.3 Å². The number of rotatable bonds is 4. The second-order valence-electron chi connectivity index (χ2n) is 7.31. The van der Waals surface area contributed by atoms with Gasteiger partial charge in [-0.2, -0.15) is 5.10 Å². The number of amides is 4. The van der Waals surface area contributed by atoms with E-state index in [1.54, 1.807) is 17.9 Å². The molecule has 28 heavy (non-hydrogen) atoms. The highest BCUT2D eigenvalue weighted by Gasteiger charge is 2.55. The van der Waals surface area contributed by atoms with Crippen molar-refractivity contribution in [1.29, 1.82) is 0 Å². The minimum absolute atomic E-state index is 0.259. The Morgan fingerprint density at radius 3 is 2.68 bits per heavy atom. The summed E-state index contributed by atoms with van der Waals surface area (Å²) in [5.74, 6) is -0.694. The minimum Gasteiger partial charge on any atom is -0.313 e. The van der Waals surface area contributed by atoms with Gasteiger partial charge >= 0.3 is 6.03 Å². The molecule has 2 aromatic heterocycles. The van der Waals surface area contributed by atoms with Crippen LogP contribution in [0.25, 0.3) is 11.3 Å². The lowest BCUT2D eigenvalue weighted by atomic mass is 9.81. The molecule has 4 rings (SSSR count). The Balaban J connectivity index is 1.43. The van der Waals surface area contributed by atoms with Crippen LogP contribution < -0.4 is 5.32 Å². The molecule has 3 heterocycles. The second kappa shape index (κ2) is 7.01. The van der Waals surface area contributed by atoms with Crippen molar-refractivity contribution in [2.24, 2.45) is 7.05 Å². The second-order valence-corrected chi connectivity index (χ2v) is 8.17. The molecule has 0 unspecified atom stereocenters. The molecule has 0 radical (unpaired) electrons. The first-order chi connectivity index (χ1) is 13.4. The Kier molecular flexibility index (Phi) is 4.66. The van der Waals surface area contributed by atoms with Crippen LogP contribution in [0.3, 0.4) is 0 Å².